The highest BCUT2D eigenvalue weighted by atomic mass is 16.5. The summed E-state index contributed by atoms with van der Waals surface area (Å²) in [5.41, 5.74) is 0.613. The number of amides is 1. The van der Waals surface area contributed by atoms with Crippen LogP contribution in [-0.4, -0.2) is 30.6 Å². The molecule has 5 heteroatoms. The topological polar surface area (TPSA) is 75.6 Å². The van der Waals surface area contributed by atoms with Gasteiger partial charge in [0, 0.05) is 12.5 Å². The number of hydrogen-bond donors (Lipinski definition) is 2. The van der Waals surface area contributed by atoms with E-state index in [1.54, 1.807) is 12.1 Å². The summed E-state index contributed by atoms with van der Waals surface area (Å²) in [4.78, 5) is 21.6. The van der Waals surface area contributed by atoms with Crippen LogP contribution < -0.4 is 10.1 Å². The molecule has 0 spiro atoms. The maximum absolute atomic E-state index is 11.0. The summed E-state index contributed by atoms with van der Waals surface area (Å²) in [6, 6.07) is 4.64. The second kappa shape index (κ2) is 6.30. The first kappa shape index (κ1) is 13.6. The van der Waals surface area contributed by atoms with Crippen LogP contribution >= 0.6 is 0 Å². The van der Waals surface area contributed by atoms with Crippen molar-refractivity contribution >= 4 is 11.9 Å². The summed E-state index contributed by atoms with van der Waals surface area (Å²) in [5.74, 6) is 4.54. The quantitative estimate of drug-likeness (QED) is 0.777. The van der Waals surface area contributed by atoms with Gasteiger partial charge in [-0.15, -0.1) is 0 Å². The molecular formula is C13H13NO4. The molecule has 1 aromatic carbocycles. The molecule has 1 amide bonds. The number of carbonyl (C=O) groups is 2. The van der Waals surface area contributed by atoms with Gasteiger partial charge >= 0.3 is 5.97 Å². The smallest absolute Gasteiger partial charge is 0.339 e. The molecule has 0 unspecified atom stereocenters. The highest BCUT2D eigenvalue weighted by Crippen LogP contribution is 2.19. The van der Waals surface area contributed by atoms with Crippen molar-refractivity contribution < 1.29 is 19.4 Å². The Morgan fingerprint density at radius 1 is 1.44 bits per heavy atom. The zero-order valence-corrected chi connectivity index (χ0v) is 10.1. The molecule has 0 aliphatic rings. The van der Waals surface area contributed by atoms with Crippen LogP contribution in [0.5, 0.6) is 5.75 Å². The molecule has 1 rings (SSSR count). The number of aromatic carboxylic acids is 1. The SMILES string of the molecule is COc1ccc(C#CCNC(C)=O)cc1C(=O)O. The molecule has 94 valence electrons. The lowest BCUT2D eigenvalue weighted by molar-refractivity contribution is -0.118. The van der Waals surface area contributed by atoms with Crippen molar-refractivity contribution in [2.24, 2.45) is 0 Å². The molecule has 1 aromatic rings. The Morgan fingerprint density at radius 3 is 2.72 bits per heavy atom. The van der Waals surface area contributed by atoms with Crippen molar-refractivity contribution in [3.05, 3.63) is 29.3 Å². The summed E-state index contributed by atoms with van der Waals surface area (Å²) in [6.07, 6.45) is 0. The van der Waals surface area contributed by atoms with E-state index < -0.39 is 5.97 Å². The summed E-state index contributed by atoms with van der Waals surface area (Å²) < 4.78 is 4.93. The molecule has 2 N–H and O–H groups in total. The summed E-state index contributed by atoms with van der Waals surface area (Å²) in [6.45, 7) is 1.63. The molecule has 0 atom stereocenters. The highest BCUT2D eigenvalue weighted by Gasteiger charge is 2.10. The van der Waals surface area contributed by atoms with Crippen molar-refractivity contribution in [2.75, 3.05) is 13.7 Å². The lowest BCUT2D eigenvalue weighted by Gasteiger charge is -2.04. The Kier molecular flexibility index (Phi) is 4.76. The number of carboxylic acids is 1. The zero-order chi connectivity index (χ0) is 13.5. The van der Waals surface area contributed by atoms with Crippen molar-refractivity contribution in [1.29, 1.82) is 0 Å². The minimum absolute atomic E-state index is 0.0591. The number of benzene rings is 1. The van der Waals surface area contributed by atoms with Gasteiger partial charge in [-0.2, -0.15) is 0 Å². The van der Waals surface area contributed by atoms with E-state index in [2.05, 4.69) is 17.2 Å². The van der Waals surface area contributed by atoms with Crippen molar-refractivity contribution in [3.63, 3.8) is 0 Å². The molecule has 0 saturated heterocycles. The van der Waals surface area contributed by atoms with Gasteiger partial charge in [-0.3, -0.25) is 4.79 Å². The van der Waals surface area contributed by atoms with Crippen LogP contribution in [0.2, 0.25) is 0 Å². The number of hydrogen-bond acceptors (Lipinski definition) is 3. The van der Waals surface area contributed by atoms with Gasteiger partial charge in [0.1, 0.15) is 11.3 Å². The molecular weight excluding hydrogens is 234 g/mol. The Labute approximate surface area is 105 Å². The Hall–Kier alpha value is -2.48. The first-order chi connectivity index (χ1) is 8.54. The van der Waals surface area contributed by atoms with E-state index >= 15 is 0 Å². The molecule has 5 nitrogen and oxygen atoms in total. The highest BCUT2D eigenvalue weighted by molar-refractivity contribution is 5.91. The van der Waals surface area contributed by atoms with Gasteiger partial charge in [-0.05, 0) is 18.2 Å². The van der Waals surface area contributed by atoms with Crippen LogP contribution in [0.15, 0.2) is 18.2 Å². The number of carbonyl (C=O) groups excluding carboxylic acids is 1. The fourth-order valence-corrected chi connectivity index (χ4v) is 1.27. The Balaban J connectivity index is 2.88. The summed E-state index contributed by atoms with van der Waals surface area (Å²) >= 11 is 0. The summed E-state index contributed by atoms with van der Waals surface area (Å²) in [5, 5.41) is 11.5. The van der Waals surface area contributed by atoms with E-state index in [-0.39, 0.29) is 23.8 Å². The fourth-order valence-electron chi connectivity index (χ4n) is 1.27. The van der Waals surface area contributed by atoms with Gasteiger partial charge < -0.3 is 15.2 Å². The number of rotatable bonds is 3. The predicted octanol–water partition coefficient (Wildman–Crippen LogP) is 0.881. The minimum atomic E-state index is -1.07. The van der Waals surface area contributed by atoms with E-state index in [0.29, 0.717) is 5.56 Å². The molecule has 0 saturated carbocycles. The molecule has 0 aliphatic carbocycles. The number of nitrogens with one attached hydrogen (secondary N) is 1. The average molecular weight is 247 g/mol. The van der Waals surface area contributed by atoms with Crippen LogP contribution in [0, 0.1) is 11.8 Å². The van der Waals surface area contributed by atoms with Crippen molar-refractivity contribution in [3.8, 4) is 17.6 Å². The van der Waals surface area contributed by atoms with Gasteiger partial charge in [0.05, 0.1) is 13.7 Å². The number of methoxy groups -OCH3 is 1. The first-order valence-electron chi connectivity index (χ1n) is 5.19. The fraction of sp³-hybridized carbons (Fsp3) is 0.231. The predicted molar refractivity (Wildman–Crippen MR) is 65.5 cm³/mol. The van der Waals surface area contributed by atoms with Gasteiger partial charge in [0.15, 0.2) is 0 Å². The van der Waals surface area contributed by atoms with E-state index in [0.717, 1.165) is 0 Å². The van der Waals surface area contributed by atoms with Crippen molar-refractivity contribution in [1.82, 2.24) is 5.32 Å². The standard InChI is InChI=1S/C13H13NO4/c1-9(15)14-7-3-4-10-5-6-12(18-2)11(8-10)13(16)17/h5-6,8H,7H2,1-2H3,(H,14,15)(H,16,17). The monoisotopic (exact) mass is 247 g/mol. The van der Waals surface area contributed by atoms with Crippen LogP contribution in [-0.2, 0) is 4.79 Å². The molecule has 0 bridgehead atoms. The first-order valence-corrected chi connectivity index (χ1v) is 5.19. The third kappa shape index (κ3) is 3.83. The third-order valence-electron chi connectivity index (χ3n) is 2.09. The molecule has 0 heterocycles. The minimum Gasteiger partial charge on any atom is -0.496 e. The molecule has 0 radical (unpaired) electrons. The maximum Gasteiger partial charge on any atom is 0.339 e. The molecule has 0 fully saturated rings. The van der Waals surface area contributed by atoms with Crippen LogP contribution in [0.3, 0.4) is 0 Å². The number of ether oxygens (including phenoxy) is 1. The third-order valence-corrected chi connectivity index (χ3v) is 2.09. The van der Waals surface area contributed by atoms with Gasteiger partial charge in [0.25, 0.3) is 0 Å². The number of carboxylic acid groups (broad SMARTS) is 1. The lowest BCUT2D eigenvalue weighted by atomic mass is 10.1. The average Bonchev–Trinajstić information content (AvgIpc) is 2.34. The van der Waals surface area contributed by atoms with E-state index in [1.165, 1.54) is 20.1 Å². The van der Waals surface area contributed by atoms with Crippen LogP contribution in [0.1, 0.15) is 22.8 Å². The van der Waals surface area contributed by atoms with Gasteiger partial charge in [-0.25, -0.2) is 4.79 Å². The molecule has 0 aliphatic heterocycles. The second-order valence-corrected chi connectivity index (χ2v) is 3.43. The van der Waals surface area contributed by atoms with E-state index in [1.807, 2.05) is 0 Å². The normalized spacial score (nSPS) is 9.00. The lowest BCUT2D eigenvalue weighted by Crippen LogP contribution is -2.19. The molecule has 0 aromatic heterocycles. The van der Waals surface area contributed by atoms with E-state index in [9.17, 15) is 9.59 Å². The van der Waals surface area contributed by atoms with Gasteiger partial charge in [0.2, 0.25) is 5.91 Å². The Morgan fingerprint density at radius 2 is 2.17 bits per heavy atom. The van der Waals surface area contributed by atoms with Crippen LogP contribution in [0.25, 0.3) is 0 Å². The molecule has 18 heavy (non-hydrogen) atoms. The Bertz CT molecular complexity index is 526. The van der Waals surface area contributed by atoms with Crippen molar-refractivity contribution in [2.45, 2.75) is 6.92 Å². The van der Waals surface area contributed by atoms with Gasteiger partial charge in [-0.1, -0.05) is 11.8 Å². The summed E-state index contributed by atoms with van der Waals surface area (Å²) in [7, 11) is 1.41. The van der Waals surface area contributed by atoms with E-state index in [4.69, 9.17) is 9.84 Å². The zero-order valence-electron chi connectivity index (χ0n) is 10.1. The second-order valence-electron chi connectivity index (χ2n) is 3.43. The maximum atomic E-state index is 11.0. The van der Waals surface area contributed by atoms with Crippen LogP contribution in [0.4, 0.5) is 0 Å². The largest absolute Gasteiger partial charge is 0.496 e.